The Balaban J connectivity index is 1.33. The number of nitrogens with zero attached hydrogens (tertiary/aromatic N) is 5. The van der Waals surface area contributed by atoms with E-state index >= 15 is 0 Å². The van der Waals surface area contributed by atoms with Crippen LogP contribution < -0.4 is 0 Å². The standard InChI is InChI=1S/C22H25N5O2S/c1-16-24-25-20(29-16)11-26-9-18-10-27(21(28)19-12-30-15-23-19)14-22(18,13-26)8-7-17-5-3-2-4-6-17/h2-6,12,15,18H,7-11,13-14H2,1H3/t18-,22+/m0/s1. The summed E-state index contributed by atoms with van der Waals surface area (Å²) >= 11 is 1.47. The molecule has 0 aliphatic carbocycles. The Morgan fingerprint density at radius 1 is 1.23 bits per heavy atom. The topological polar surface area (TPSA) is 75.4 Å². The van der Waals surface area contributed by atoms with Gasteiger partial charge >= 0.3 is 0 Å². The predicted molar refractivity (Wildman–Crippen MR) is 113 cm³/mol. The van der Waals surface area contributed by atoms with Crippen LogP contribution in [-0.2, 0) is 13.0 Å². The second kappa shape index (κ2) is 7.92. The minimum atomic E-state index is 0.0591. The number of hydrogen-bond donors (Lipinski definition) is 0. The lowest BCUT2D eigenvalue weighted by Crippen LogP contribution is -2.37. The van der Waals surface area contributed by atoms with Gasteiger partial charge in [-0.15, -0.1) is 21.5 Å². The highest BCUT2D eigenvalue weighted by molar-refractivity contribution is 7.07. The number of benzene rings is 1. The molecule has 2 aliphatic heterocycles. The van der Waals surface area contributed by atoms with Crippen LogP contribution in [-0.4, -0.2) is 57.1 Å². The summed E-state index contributed by atoms with van der Waals surface area (Å²) in [5.74, 6) is 1.76. The quantitative estimate of drug-likeness (QED) is 0.607. The normalized spacial score (nSPS) is 23.8. The van der Waals surface area contributed by atoms with Gasteiger partial charge < -0.3 is 9.32 Å². The number of fused-ring (bicyclic) bond motifs is 1. The molecule has 8 heteroatoms. The fraction of sp³-hybridized carbons (Fsp3) is 0.455. The summed E-state index contributed by atoms with van der Waals surface area (Å²) in [5, 5.41) is 9.97. The molecule has 7 nitrogen and oxygen atoms in total. The van der Waals surface area contributed by atoms with E-state index in [-0.39, 0.29) is 11.3 Å². The maximum Gasteiger partial charge on any atom is 0.273 e. The maximum absolute atomic E-state index is 13.0. The van der Waals surface area contributed by atoms with Gasteiger partial charge in [0.2, 0.25) is 11.8 Å². The molecule has 30 heavy (non-hydrogen) atoms. The van der Waals surface area contributed by atoms with Crippen molar-refractivity contribution in [3.63, 3.8) is 0 Å². The minimum Gasteiger partial charge on any atom is -0.424 e. The lowest BCUT2D eigenvalue weighted by atomic mass is 9.76. The van der Waals surface area contributed by atoms with Crippen LogP contribution >= 0.6 is 11.3 Å². The van der Waals surface area contributed by atoms with Crippen molar-refractivity contribution in [2.75, 3.05) is 26.2 Å². The van der Waals surface area contributed by atoms with E-state index in [4.69, 9.17) is 4.42 Å². The van der Waals surface area contributed by atoms with E-state index in [0.29, 0.717) is 29.9 Å². The number of hydrogen-bond acceptors (Lipinski definition) is 7. The number of aromatic nitrogens is 3. The molecule has 0 unspecified atom stereocenters. The Hall–Kier alpha value is -2.58. The molecule has 0 N–H and O–H groups in total. The van der Waals surface area contributed by atoms with Crippen LogP contribution in [0.3, 0.4) is 0 Å². The average molecular weight is 424 g/mol. The first kappa shape index (κ1) is 19.4. The number of aryl methyl sites for hydroxylation is 2. The fourth-order valence-electron chi connectivity index (χ4n) is 5.03. The molecule has 2 saturated heterocycles. The van der Waals surface area contributed by atoms with Crippen LogP contribution in [0, 0.1) is 18.3 Å². The molecule has 0 saturated carbocycles. The molecule has 2 aromatic heterocycles. The summed E-state index contributed by atoms with van der Waals surface area (Å²) in [6.45, 7) is 5.93. The van der Waals surface area contributed by atoms with Crippen molar-refractivity contribution in [2.45, 2.75) is 26.3 Å². The van der Waals surface area contributed by atoms with E-state index in [1.807, 2.05) is 17.2 Å². The maximum atomic E-state index is 13.0. The van der Waals surface area contributed by atoms with Gasteiger partial charge in [0.25, 0.3) is 5.91 Å². The monoisotopic (exact) mass is 423 g/mol. The van der Waals surface area contributed by atoms with E-state index in [0.717, 1.165) is 39.0 Å². The summed E-state index contributed by atoms with van der Waals surface area (Å²) in [5.41, 5.74) is 3.72. The molecule has 156 valence electrons. The van der Waals surface area contributed by atoms with Gasteiger partial charge in [-0.05, 0) is 24.3 Å². The Morgan fingerprint density at radius 2 is 2.10 bits per heavy atom. The number of rotatable bonds is 6. The van der Waals surface area contributed by atoms with Gasteiger partial charge in [-0.2, -0.15) is 0 Å². The SMILES string of the molecule is Cc1nnc(CN2C[C@H]3CN(C(=O)c4cscn4)C[C@@]3(CCc3ccccc3)C2)o1. The van der Waals surface area contributed by atoms with E-state index in [9.17, 15) is 4.79 Å². The number of amides is 1. The van der Waals surface area contributed by atoms with Gasteiger partial charge in [-0.25, -0.2) is 4.98 Å². The molecule has 5 rings (SSSR count). The van der Waals surface area contributed by atoms with Crippen LogP contribution in [0.25, 0.3) is 0 Å². The molecule has 0 radical (unpaired) electrons. The summed E-state index contributed by atoms with van der Waals surface area (Å²) in [6, 6.07) is 10.6. The Morgan fingerprint density at radius 3 is 2.83 bits per heavy atom. The number of thiazole rings is 1. The van der Waals surface area contributed by atoms with Crippen molar-refractivity contribution >= 4 is 17.2 Å². The van der Waals surface area contributed by atoms with Crippen LogP contribution in [0.15, 0.2) is 45.6 Å². The molecule has 2 aliphatic rings. The summed E-state index contributed by atoms with van der Waals surface area (Å²) in [6.07, 6.45) is 2.07. The summed E-state index contributed by atoms with van der Waals surface area (Å²) in [7, 11) is 0. The molecule has 1 aromatic carbocycles. The van der Waals surface area contributed by atoms with Crippen LogP contribution in [0.5, 0.6) is 0 Å². The van der Waals surface area contributed by atoms with E-state index < -0.39 is 0 Å². The second-order valence-electron chi connectivity index (χ2n) is 8.49. The molecular weight excluding hydrogens is 398 g/mol. The third kappa shape index (κ3) is 3.77. The Bertz CT molecular complexity index is 1010. The van der Waals surface area contributed by atoms with E-state index in [1.165, 1.54) is 16.9 Å². The lowest BCUT2D eigenvalue weighted by Gasteiger charge is -2.29. The predicted octanol–water partition coefficient (Wildman–Crippen LogP) is 3.04. The van der Waals surface area contributed by atoms with Gasteiger partial charge in [0.15, 0.2) is 0 Å². The van der Waals surface area contributed by atoms with Crippen LogP contribution in [0.2, 0.25) is 0 Å². The minimum absolute atomic E-state index is 0.0591. The first-order valence-corrected chi connectivity index (χ1v) is 11.3. The second-order valence-corrected chi connectivity index (χ2v) is 9.21. The molecule has 4 heterocycles. The molecular formula is C22H25N5O2S. The molecule has 0 bridgehead atoms. The highest BCUT2D eigenvalue weighted by atomic mass is 32.1. The Labute approximate surface area is 179 Å². The van der Waals surface area contributed by atoms with Crippen molar-refractivity contribution < 1.29 is 9.21 Å². The van der Waals surface area contributed by atoms with Gasteiger partial charge in [-0.3, -0.25) is 9.69 Å². The largest absolute Gasteiger partial charge is 0.424 e. The van der Waals surface area contributed by atoms with Crippen molar-refractivity contribution in [2.24, 2.45) is 11.3 Å². The highest BCUT2D eigenvalue weighted by Crippen LogP contribution is 2.46. The molecule has 1 amide bonds. The van der Waals surface area contributed by atoms with Gasteiger partial charge in [0.1, 0.15) is 5.69 Å². The lowest BCUT2D eigenvalue weighted by molar-refractivity contribution is 0.0749. The number of carbonyl (C=O) groups excluding carboxylic acids is 1. The molecule has 2 fully saturated rings. The van der Waals surface area contributed by atoms with Gasteiger partial charge in [0.05, 0.1) is 12.1 Å². The zero-order valence-electron chi connectivity index (χ0n) is 17.0. The fourth-order valence-corrected chi connectivity index (χ4v) is 5.56. The summed E-state index contributed by atoms with van der Waals surface area (Å²) < 4.78 is 5.60. The van der Waals surface area contributed by atoms with Crippen LogP contribution in [0.4, 0.5) is 0 Å². The number of carbonyl (C=O) groups is 1. The van der Waals surface area contributed by atoms with E-state index in [1.54, 1.807) is 5.51 Å². The first-order valence-electron chi connectivity index (χ1n) is 10.3. The highest BCUT2D eigenvalue weighted by Gasteiger charge is 2.53. The van der Waals surface area contributed by atoms with Crippen molar-refractivity contribution in [1.29, 1.82) is 0 Å². The Kier molecular flexibility index (Phi) is 5.12. The zero-order valence-corrected chi connectivity index (χ0v) is 17.8. The van der Waals surface area contributed by atoms with Crippen molar-refractivity contribution in [3.8, 4) is 0 Å². The van der Waals surface area contributed by atoms with Crippen LogP contribution in [0.1, 0.15) is 34.3 Å². The average Bonchev–Trinajstić information content (AvgIpc) is 3.51. The number of likely N-dealkylation sites (tertiary alicyclic amines) is 2. The third-order valence-electron chi connectivity index (χ3n) is 6.45. The summed E-state index contributed by atoms with van der Waals surface area (Å²) in [4.78, 5) is 21.6. The van der Waals surface area contributed by atoms with Crippen molar-refractivity contribution in [3.05, 3.63) is 64.3 Å². The first-order chi connectivity index (χ1) is 14.6. The van der Waals surface area contributed by atoms with Crippen molar-refractivity contribution in [1.82, 2.24) is 25.0 Å². The zero-order chi connectivity index (χ0) is 20.6. The van der Waals surface area contributed by atoms with E-state index in [2.05, 4.69) is 50.4 Å². The molecule has 2 atom stereocenters. The van der Waals surface area contributed by atoms with Gasteiger partial charge in [0, 0.05) is 43.9 Å². The van der Waals surface area contributed by atoms with Gasteiger partial charge in [-0.1, -0.05) is 30.3 Å². The third-order valence-corrected chi connectivity index (χ3v) is 7.04. The smallest absolute Gasteiger partial charge is 0.273 e. The molecule has 0 spiro atoms. The molecule has 3 aromatic rings.